The number of hydrogen-bond acceptors (Lipinski definition) is 4. The summed E-state index contributed by atoms with van der Waals surface area (Å²) in [6, 6.07) is 3.02. The second-order valence-electron chi connectivity index (χ2n) is 4.71. The van der Waals surface area contributed by atoms with Crippen LogP contribution in [0, 0.1) is 17.6 Å². The fourth-order valence-electron chi connectivity index (χ4n) is 2.05. The minimum atomic E-state index is -0.909. The van der Waals surface area contributed by atoms with Gasteiger partial charge in [-0.3, -0.25) is 4.79 Å². The van der Waals surface area contributed by atoms with E-state index in [-0.39, 0.29) is 30.3 Å². The van der Waals surface area contributed by atoms with Crippen molar-refractivity contribution >= 4 is 5.97 Å². The fourth-order valence-corrected chi connectivity index (χ4v) is 2.05. The molecule has 0 saturated heterocycles. The number of halogens is 2. The zero-order chi connectivity index (χ0) is 15.4. The standard InChI is InChI=1S/C13H14F2N4O2/c1-2-8(3-12(20)21)7-19-13(16-17-18-19)9-4-10(14)6-11(15)5-9/h4-6,8H,2-3,7H2,1H3,(H,20,21). The molecule has 0 bridgehead atoms. The Morgan fingerprint density at radius 2 is 2.00 bits per heavy atom. The third-order valence-corrected chi connectivity index (χ3v) is 3.12. The van der Waals surface area contributed by atoms with Crippen LogP contribution in [0.25, 0.3) is 11.4 Å². The summed E-state index contributed by atoms with van der Waals surface area (Å²) in [6.45, 7) is 2.13. The van der Waals surface area contributed by atoms with Gasteiger partial charge < -0.3 is 5.11 Å². The van der Waals surface area contributed by atoms with Gasteiger partial charge in [0.15, 0.2) is 5.82 Å². The summed E-state index contributed by atoms with van der Waals surface area (Å²) in [5.74, 6) is -2.32. The van der Waals surface area contributed by atoms with Gasteiger partial charge in [0, 0.05) is 24.6 Å². The molecule has 0 amide bonds. The number of aliphatic carboxylic acids is 1. The van der Waals surface area contributed by atoms with Crippen LogP contribution in [0.5, 0.6) is 0 Å². The molecule has 0 fully saturated rings. The molecule has 1 aromatic carbocycles. The highest BCUT2D eigenvalue weighted by molar-refractivity contribution is 5.67. The highest BCUT2D eigenvalue weighted by Gasteiger charge is 2.17. The van der Waals surface area contributed by atoms with Crippen LogP contribution in [0.4, 0.5) is 8.78 Å². The molecular weight excluding hydrogens is 282 g/mol. The van der Waals surface area contributed by atoms with Crippen LogP contribution in [-0.4, -0.2) is 31.3 Å². The summed E-state index contributed by atoms with van der Waals surface area (Å²) in [5.41, 5.74) is 0.211. The Kier molecular flexibility index (Phi) is 4.56. The van der Waals surface area contributed by atoms with E-state index >= 15 is 0 Å². The Hall–Kier alpha value is -2.38. The normalized spacial score (nSPS) is 12.3. The number of carbonyl (C=O) groups is 1. The van der Waals surface area contributed by atoms with Gasteiger partial charge in [-0.1, -0.05) is 13.3 Å². The molecule has 21 heavy (non-hydrogen) atoms. The molecule has 6 nitrogen and oxygen atoms in total. The lowest BCUT2D eigenvalue weighted by Gasteiger charge is -2.13. The quantitative estimate of drug-likeness (QED) is 0.883. The predicted molar refractivity (Wildman–Crippen MR) is 69.2 cm³/mol. The van der Waals surface area contributed by atoms with E-state index in [4.69, 9.17) is 5.11 Å². The summed E-state index contributed by atoms with van der Waals surface area (Å²) in [7, 11) is 0. The van der Waals surface area contributed by atoms with E-state index in [9.17, 15) is 13.6 Å². The average Bonchev–Trinajstić information content (AvgIpc) is 2.84. The van der Waals surface area contributed by atoms with Crippen LogP contribution in [0.2, 0.25) is 0 Å². The molecule has 2 rings (SSSR count). The predicted octanol–water partition coefficient (Wildman–Crippen LogP) is 2.12. The second kappa shape index (κ2) is 6.38. The molecule has 0 radical (unpaired) electrons. The van der Waals surface area contributed by atoms with E-state index in [0.717, 1.165) is 18.2 Å². The number of benzene rings is 1. The van der Waals surface area contributed by atoms with Gasteiger partial charge in [0.25, 0.3) is 0 Å². The summed E-state index contributed by atoms with van der Waals surface area (Å²) in [4.78, 5) is 10.8. The molecule has 1 unspecified atom stereocenters. The minimum absolute atomic E-state index is 0.0205. The van der Waals surface area contributed by atoms with Crippen LogP contribution in [-0.2, 0) is 11.3 Å². The van der Waals surface area contributed by atoms with E-state index in [2.05, 4.69) is 15.5 Å². The number of carboxylic acids is 1. The second-order valence-corrected chi connectivity index (χ2v) is 4.71. The number of aromatic nitrogens is 4. The first-order valence-corrected chi connectivity index (χ1v) is 6.44. The van der Waals surface area contributed by atoms with Gasteiger partial charge in [0.1, 0.15) is 11.6 Å². The smallest absolute Gasteiger partial charge is 0.303 e. The number of rotatable bonds is 6. The maximum Gasteiger partial charge on any atom is 0.303 e. The Labute approximate surface area is 119 Å². The molecule has 112 valence electrons. The third kappa shape index (κ3) is 3.80. The Balaban J connectivity index is 2.27. The SMILES string of the molecule is CCC(CC(=O)O)Cn1nnnc1-c1cc(F)cc(F)c1. The van der Waals surface area contributed by atoms with E-state index in [1.807, 2.05) is 6.92 Å². The average molecular weight is 296 g/mol. The van der Waals surface area contributed by atoms with Crippen molar-refractivity contribution in [1.29, 1.82) is 0 Å². The van der Waals surface area contributed by atoms with Crippen molar-refractivity contribution in [2.45, 2.75) is 26.3 Å². The Bertz CT molecular complexity index is 625. The minimum Gasteiger partial charge on any atom is -0.481 e. The topological polar surface area (TPSA) is 80.9 Å². The molecule has 0 aliphatic carbocycles. The number of tetrazole rings is 1. The first kappa shape index (κ1) is 15.0. The van der Waals surface area contributed by atoms with Crippen molar-refractivity contribution in [3.05, 3.63) is 29.8 Å². The molecule has 1 aromatic heterocycles. The van der Waals surface area contributed by atoms with Crippen molar-refractivity contribution < 1.29 is 18.7 Å². The van der Waals surface area contributed by atoms with Crippen molar-refractivity contribution in [3.63, 3.8) is 0 Å². The van der Waals surface area contributed by atoms with Gasteiger partial charge >= 0.3 is 5.97 Å². The van der Waals surface area contributed by atoms with E-state index in [0.29, 0.717) is 6.42 Å². The number of hydrogen-bond donors (Lipinski definition) is 1. The molecule has 1 atom stereocenters. The first-order valence-electron chi connectivity index (χ1n) is 6.44. The molecule has 8 heteroatoms. The van der Waals surface area contributed by atoms with Gasteiger partial charge in [-0.25, -0.2) is 13.5 Å². The van der Waals surface area contributed by atoms with Crippen LogP contribution in [0.3, 0.4) is 0 Å². The largest absolute Gasteiger partial charge is 0.481 e. The lowest BCUT2D eigenvalue weighted by Crippen LogP contribution is -2.16. The summed E-state index contributed by atoms with van der Waals surface area (Å²) in [5, 5.41) is 19.9. The number of carboxylic acid groups (broad SMARTS) is 1. The monoisotopic (exact) mass is 296 g/mol. The van der Waals surface area contributed by atoms with Crippen LogP contribution in [0.1, 0.15) is 19.8 Å². The first-order chi connectivity index (χ1) is 9.99. The molecule has 0 saturated carbocycles. The molecule has 0 spiro atoms. The molecule has 1 heterocycles. The zero-order valence-electron chi connectivity index (χ0n) is 11.3. The van der Waals surface area contributed by atoms with Crippen molar-refractivity contribution in [2.24, 2.45) is 5.92 Å². The molecule has 1 N–H and O–H groups in total. The van der Waals surface area contributed by atoms with Crippen molar-refractivity contribution in [3.8, 4) is 11.4 Å². The van der Waals surface area contributed by atoms with Crippen LogP contribution in [0.15, 0.2) is 18.2 Å². The highest BCUT2D eigenvalue weighted by Crippen LogP contribution is 2.21. The molecule has 0 aliphatic rings. The maximum absolute atomic E-state index is 13.3. The van der Waals surface area contributed by atoms with Crippen LogP contribution >= 0.6 is 0 Å². The van der Waals surface area contributed by atoms with Gasteiger partial charge in [0.05, 0.1) is 0 Å². The van der Waals surface area contributed by atoms with Crippen molar-refractivity contribution in [1.82, 2.24) is 20.2 Å². The summed E-state index contributed by atoms with van der Waals surface area (Å²) >= 11 is 0. The lowest BCUT2D eigenvalue weighted by molar-refractivity contribution is -0.138. The zero-order valence-corrected chi connectivity index (χ0v) is 11.3. The summed E-state index contributed by atoms with van der Waals surface area (Å²) in [6.07, 6.45) is 0.608. The van der Waals surface area contributed by atoms with Gasteiger partial charge in [-0.15, -0.1) is 5.10 Å². The lowest BCUT2D eigenvalue weighted by atomic mass is 10.0. The van der Waals surface area contributed by atoms with E-state index in [1.165, 1.54) is 4.68 Å². The molecular formula is C13H14F2N4O2. The fraction of sp³-hybridized carbons (Fsp3) is 0.385. The third-order valence-electron chi connectivity index (χ3n) is 3.12. The molecule has 2 aromatic rings. The Morgan fingerprint density at radius 1 is 1.33 bits per heavy atom. The molecule has 0 aliphatic heterocycles. The maximum atomic E-state index is 13.3. The van der Waals surface area contributed by atoms with Gasteiger partial charge in [0.2, 0.25) is 0 Å². The van der Waals surface area contributed by atoms with Crippen molar-refractivity contribution in [2.75, 3.05) is 0 Å². The van der Waals surface area contributed by atoms with E-state index < -0.39 is 17.6 Å². The van der Waals surface area contributed by atoms with Gasteiger partial charge in [-0.05, 0) is 28.5 Å². The van der Waals surface area contributed by atoms with Gasteiger partial charge in [-0.2, -0.15) is 0 Å². The summed E-state index contributed by atoms with van der Waals surface area (Å²) < 4.78 is 27.9. The van der Waals surface area contributed by atoms with Crippen LogP contribution < -0.4 is 0 Å². The number of nitrogens with zero attached hydrogens (tertiary/aromatic N) is 4. The highest BCUT2D eigenvalue weighted by atomic mass is 19.1. The van der Waals surface area contributed by atoms with E-state index in [1.54, 1.807) is 0 Å². The Morgan fingerprint density at radius 3 is 2.57 bits per heavy atom.